The van der Waals surface area contributed by atoms with Gasteiger partial charge in [0.15, 0.2) is 6.10 Å². The van der Waals surface area contributed by atoms with Crippen molar-refractivity contribution in [2.75, 3.05) is 21.2 Å². The number of sulfonamides is 1. The number of nitriles is 1. The summed E-state index contributed by atoms with van der Waals surface area (Å²) in [7, 11) is 0.304. The Balaban J connectivity index is 3.30. The van der Waals surface area contributed by atoms with Crippen molar-refractivity contribution in [3.8, 4) is 11.8 Å². The molecule has 7 nitrogen and oxygen atoms in total. The number of hydrogen-bond donors (Lipinski definition) is 0. The maximum Gasteiger partial charge on any atom is 0.339 e. The van der Waals surface area contributed by atoms with Crippen molar-refractivity contribution in [3.63, 3.8) is 0 Å². The van der Waals surface area contributed by atoms with Crippen molar-refractivity contribution in [3.05, 3.63) is 23.8 Å². The van der Waals surface area contributed by atoms with E-state index in [1.54, 1.807) is 6.07 Å². The molecule has 8 heteroatoms. The zero-order valence-electron chi connectivity index (χ0n) is 12.2. The lowest BCUT2D eigenvalue weighted by Gasteiger charge is -2.15. The molecule has 0 aromatic heterocycles. The van der Waals surface area contributed by atoms with E-state index >= 15 is 0 Å². The molecular weight excluding hydrogens is 296 g/mol. The number of carbonyl (C=O) groups excluding carboxylic acids is 1. The van der Waals surface area contributed by atoms with Crippen LogP contribution in [0.4, 0.5) is 0 Å². The summed E-state index contributed by atoms with van der Waals surface area (Å²) in [6, 6.07) is 5.66. The zero-order chi connectivity index (χ0) is 16.2. The molecule has 21 heavy (non-hydrogen) atoms. The SMILES string of the molecule is COc1ccc(C(=O)O[C@H](C)C#N)cc1S(=O)(=O)N(C)C. The van der Waals surface area contributed by atoms with E-state index in [4.69, 9.17) is 14.7 Å². The highest BCUT2D eigenvalue weighted by Crippen LogP contribution is 2.27. The van der Waals surface area contributed by atoms with Gasteiger partial charge in [0.25, 0.3) is 0 Å². The first kappa shape index (κ1) is 16.9. The maximum absolute atomic E-state index is 12.2. The lowest BCUT2D eigenvalue weighted by Crippen LogP contribution is -2.23. The van der Waals surface area contributed by atoms with Gasteiger partial charge in [-0.05, 0) is 25.1 Å². The molecule has 1 aromatic carbocycles. The van der Waals surface area contributed by atoms with Gasteiger partial charge < -0.3 is 9.47 Å². The topological polar surface area (TPSA) is 96.7 Å². The fraction of sp³-hybridized carbons (Fsp3) is 0.385. The number of ether oxygens (including phenoxy) is 2. The van der Waals surface area contributed by atoms with Crippen LogP contribution in [0.25, 0.3) is 0 Å². The number of nitrogens with zero attached hydrogens (tertiary/aromatic N) is 2. The summed E-state index contributed by atoms with van der Waals surface area (Å²) in [6.45, 7) is 1.42. The largest absolute Gasteiger partial charge is 0.495 e. The summed E-state index contributed by atoms with van der Waals surface area (Å²) in [5.41, 5.74) is 0.0262. The maximum atomic E-state index is 12.2. The van der Waals surface area contributed by atoms with Crippen LogP contribution in [0.15, 0.2) is 23.1 Å². The van der Waals surface area contributed by atoms with Crippen LogP contribution in [0.5, 0.6) is 5.75 Å². The highest BCUT2D eigenvalue weighted by atomic mass is 32.2. The second-order valence-corrected chi connectivity index (χ2v) is 6.45. The van der Waals surface area contributed by atoms with Crippen molar-refractivity contribution < 1.29 is 22.7 Å². The van der Waals surface area contributed by atoms with Crippen LogP contribution >= 0.6 is 0 Å². The number of esters is 1. The minimum atomic E-state index is -3.77. The third-order valence-corrected chi connectivity index (χ3v) is 4.46. The van der Waals surface area contributed by atoms with E-state index in [2.05, 4.69) is 0 Å². The number of hydrogen-bond acceptors (Lipinski definition) is 6. The van der Waals surface area contributed by atoms with Gasteiger partial charge in [0.05, 0.1) is 12.7 Å². The molecule has 0 heterocycles. The number of methoxy groups -OCH3 is 1. The van der Waals surface area contributed by atoms with Crippen LogP contribution in [-0.2, 0) is 14.8 Å². The molecule has 0 aliphatic carbocycles. The van der Waals surface area contributed by atoms with Crippen LogP contribution in [0.3, 0.4) is 0 Å². The van der Waals surface area contributed by atoms with Gasteiger partial charge in [-0.3, -0.25) is 0 Å². The lowest BCUT2D eigenvalue weighted by molar-refractivity contribution is 0.0435. The highest BCUT2D eigenvalue weighted by Gasteiger charge is 2.24. The van der Waals surface area contributed by atoms with Gasteiger partial charge >= 0.3 is 5.97 Å². The van der Waals surface area contributed by atoms with Gasteiger partial charge in [-0.25, -0.2) is 17.5 Å². The lowest BCUT2D eigenvalue weighted by atomic mass is 10.2. The molecule has 0 N–H and O–H groups in total. The number of benzene rings is 1. The molecule has 0 aliphatic rings. The normalized spacial score (nSPS) is 12.6. The number of rotatable bonds is 5. The van der Waals surface area contributed by atoms with Crippen molar-refractivity contribution in [1.82, 2.24) is 4.31 Å². The third kappa shape index (κ3) is 3.71. The quantitative estimate of drug-likeness (QED) is 0.753. The van der Waals surface area contributed by atoms with E-state index in [1.807, 2.05) is 0 Å². The zero-order valence-corrected chi connectivity index (χ0v) is 13.0. The van der Waals surface area contributed by atoms with Crippen LogP contribution in [0, 0.1) is 11.3 Å². The van der Waals surface area contributed by atoms with Gasteiger partial charge in [0.2, 0.25) is 10.0 Å². The van der Waals surface area contributed by atoms with Gasteiger partial charge in [-0.2, -0.15) is 5.26 Å². The van der Waals surface area contributed by atoms with Gasteiger partial charge in [-0.1, -0.05) is 0 Å². The molecule has 0 aliphatic heterocycles. The molecule has 1 atom stereocenters. The minimum Gasteiger partial charge on any atom is -0.495 e. The minimum absolute atomic E-state index is 0.0262. The monoisotopic (exact) mass is 312 g/mol. The van der Waals surface area contributed by atoms with E-state index < -0.39 is 22.1 Å². The van der Waals surface area contributed by atoms with Gasteiger partial charge in [-0.15, -0.1) is 0 Å². The second kappa shape index (κ2) is 6.56. The fourth-order valence-corrected chi connectivity index (χ4v) is 2.53. The van der Waals surface area contributed by atoms with Crippen LogP contribution in [0.1, 0.15) is 17.3 Å². The molecule has 114 valence electrons. The Bertz CT molecular complexity index is 676. The molecule has 0 amide bonds. The molecule has 0 spiro atoms. The molecule has 0 radical (unpaired) electrons. The Labute approximate surface area is 123 Å². The summed E-state index contributed by atoms with van der Waals surface area (Å²) in [5.74, 6) is -0.657. The molecule has 0 saturated heterocycles. The summed E-state index contributed by atoms with van der Waals surface area (Å²) in [5, 5.41) is 8.62. The fourth-order valence-electron chi connectivity index (χ4n) is 1.46. The highest BCUT2D eigenvalue weighted by molar-refractivity contribution is 7.89. The average Bonchev–Trinajstić information content (AvgIpc) is 2.45. The second-order valence-electron chi connectivity index (χ2n) is 4.33. The van der Waals surface area contributed by atoms with E-state index in [9.17, 15) is 13.2 Å². The van der Waals surface area contributed by atoms with Crippen molar-refractivity contribution in [1.29, 1.82) is 5.26 Å². The average molecular weight is 312 g/mol. The van der Waals surface area contributed by atoms with E-state index in [0.717, 1.165) is 4.31 Å². The Morgan fingerprint density at radius 3 is 2.48 bits per heavy atom. The number of carbonyl (C=O) groups is 1. The first-order valence-electron chi connectivity index (χ1n) is 5.95. The van der Waals surface area contributed by atoms with Crippen molar-refractivity contribution in [2.24, 2.45) is 0 Å². The van der Waals surface area contributed by atoms with E-state index in [-0.39, 0.29) is 16.2 Å². The van der Waals surface area contributed by atoms with Crippen molar-refractivity contribution >= 4 is 16.0 Å². The Hall–Kier alpha value is -2.11. The van der Waals surface area contributed by atoms with E-state index in [0.29, 0.717) is 0 Å². The molecule has 0 fully saturated rings. The van der Waals surface area contributed by atoms with Crippen LogP contribution < -0.4 is 4.74 Å². The Morgan fingerprint density at radius 1 is 1.38 bits per heavy atom. The molecule has 0 unspecified atom stereocenters. The Kier molecular flexibility index (Phi) is 5.29. The summed E-state index contributed by atoms with van der Waals surface area (Å²) in [6.07, 6.45) is -0.923. The van der Waals surface area contributed by atoms with Crippen LogP contribution in [-0.4, -0.2) is 46.0 Å². The Morgan fingerprint density at radius 2 is 2.00 bits per heavy atom. The summed E-state index contributed by atoms with van der Waals surface area (Å²) < 4.78 is 35.3. The molecule has 0 saturated carbocycles. The van der Waals surface area contributed by atoms with Gasteiger partial charge in [0, 0.05) is 14.1 Å². The molecule has 0 bridgehead atoms. The molecule has 1 rings (SSSR count). The van der Waals surface area contributed by atoms with E-state index in [1.165, 1.54) is 46.3 Å². The predicted octanol–water partition coefficient (Wildman–Crippen LogP) is 1.01. The van der Waals surface area contributed by atoms with Gasteiger partial charge in [0.1, 0.15) is 16.7 Å². The first-order chi connectivity index (χ1) is 9.73. The molecular formula is C13H16N2O5S. The summed E-state index contributed by atoms with van der Waals surface area (Å²) in [4.78, 5) is 11.7. The smallest absolute Gasteiger partial charge is 0.339 e. The standard InChI is InChI=1S/C13H16N2O5S/c1-9(8-14)20-13(16)10-5-6-11(19-4)12(7-10)21(17,18)15(2)3/h5-7,9H,1-4H3/t9-/m1/s1. The first-order valence-corrected chi connectivity index (χ1v) is 7.39. The van der Waals surface area contributed by atoms with Crippen molar-refractivity contribution in [2.45, 2.75) is 17.9 Å². The predicted molar refractivity (Wildman–Crippen MR) is 74.4 cm³/mol. The third-order valence-electron chi connectivity index (χ3n) is 2.62. The van der Waals surface area contributed by atoms with Crippen LogP contribution in [0.2, 0.25) is 0 Å². The summed E-state index contributed by atoms with van der Waals surface area (Å²) >= 11 is 0. The molecule has 1 aromatic rings.